The summed E-state index contributed by atoms with van der Waals surface area (Å²) in [5, 5.41) is 31.9. The second-order valence-electron chi connectivity index (χ2n) is 9.96. The lowest BCUT2D eigenvalue weighted by Crippen LogP contribution is -2.63. The van der Waals surface area contributed by atoms with Gasteiger partial charge in [0.15, 0.2) is 5.82 Å². The lowest BCUT2D eigenvalue weighted by atomic mass is 9.62. The summed E-state index contributed by atoms with van der Waals surface area (Å²) in [7, 11) is 1.75. The maximum Gasteiger partial charge on any atom is 0.163 e. The van der Waals surface area contributed by atoms with Crippen molar-refractivity contribution in [3.63, 3.8) is 0 Å². The quantitative estimate of drug-likeness (QED) is 0.289. The molecule has 0 amide bonds. The number of hydrogen-bond acceptors (Lipinski definition) is 8. The van der Waals surface area contributed by atoms with Crippen LogP contribution in [0.15, 0.2) is 24.0 Å². The average molecular weight is 518 g/mol. The molecule has 4 rings (SSSR count). The number of nitrogens with zero attached hydrogens (tertiary/aromatic N) is 3. The molecule has 2 aliphatic rings. The molecule has 0 radical (unpaired) electrons. The number of alkyl halides is 1. The van der Waals surface area contributed by atoms with Gasteiger partial charge in [0.1, 0.15) is 36.2 Å². The molecule has 36 heavy (non-hydrogen) atoms. The number of hydrogen-bond donors (Lipinski definition) is 4. The Labute approximate surface area is 215 Å². The summed E-state index contributed by atoms with van der Waals surface area (Å²) in [6.07, 6.45) is -0.269. The Morgan fingerprint density at radius 2 is 2.03 bits per heavy atom. The summed E-state index contributed by atoms with van der Waals surface area (Å²) in [6, 6.07) is 5.11. The largest absolute Gasteiger partial charge is 0.512 e. The minimum Gasteiger partial charge on any atom is -0.512 e. The Bertz CT molecular complexity index is 1190. The molecule has 10 heteroatoms. The zero-order valence-corrected chi connectivity index (χ0v) is 21.8. The van der Waals surface area contributed by atoms with Gasteiger partial charge in [-0.3, -0.25) is 0 Å². The highest BCUT2D eigenvalue weighted by molar-refractivity contribution is 6.33. The summed E-state index contributed by atoms with van der Waals surface area (Å²) in [5.41, 5.74) is 2.22. The molecule has 1 saturated carbocycles. The van der Waals surface area contributed by atoms with Crippen LogP contribution in [0.2, 0.25) is 5.02 Å². The number of anilines is 1. The number of likely N-dealkylation sites (N-methyl/N-ethyl adjacent to an activating group) is 1. The third kappa shape index (κ3) is 5.19. The number of aromatic nitrogens is 2. The number of nitrogens with one attached hydrogen (secondary N) is 2. The van der Waals surface area contributed by atoms with E-state index in [9.17, 15) is 14.6 Å². The summed E-state index contributed by atoms with van der Waals surface area (Å²) in [5.74, 6) is 1.49. The highest BCUT2D eigenvalue weighted by Gasteiger charge is 2.53. The molecule has 1 aliphatic heterocycles. The van der Waals surface area contributed by atoms with Crippen LogP contribution in [0, 0.1) is 17.7 Å². The van der Waals surface area contributed by atoms with Crippen molar-refractivity contribution in [1.82, 2.24) is 15.3 Å². The standard InChI is InChI=1S/C26H33ClFN5O3/c1-14-23(22(15(2)29)16(3)34)31-24(32-25(14)33-12-26(13-33)8-17(28)9-26)20-7-19(5-6-21(20)27)36-11-18(35)10-30-4/h5-7,17-18,29-30,34-35H,8-13H2,1-4H3/b22-16+,29-15?/t18-/m1/s1. The van der Waals surface area contributed by atoms with Gasteiger partial charge in [-0.15, -0.1) is 0 Å². The zero-order valence-electron chi connectivity index (χ0n) is 21.0. The molecule has 1 aromatic heterocycles. The molecular formula is C26H33ClFN5O3. The van der Waals surface area contributed by atoms with Gasteiger partial charge in [-0.25, -0.2) is 14.4 Å². The lowest BCUT2D eigenvalue weighted by molar-refractivity contribution is 0.000378. The molecule has 1 atom stereocenters. The fourth-order valence-electron chi connectivity index (χ4n) is 5.10. The van der Waals surface area contributed by atoms with Crippen LogP contribution in [0.1, 0.15) is 37.9 Å². The predicted molar refractivity (Wildman–Crippen MR) is 140 cm³/mol. The Hall–Kier alpha value is -2.75. The molecule has 4 N–H and O–H groups in total. The lowest BCUT2D eigenvalue weighted by Gasteiger charge is -2.57. The van der Waals surface area contributed by atoms with Crippen molar-refractivity contribution in [3.8, 4) is 17.1 Å². The summed E-state index contributed by atoms with van der Waals surface area (Å²) in [6.45, 7) is 6.89. The maximum atomic E-state index is 13.6. The van der Waals surface area contributed by atoms with Gasteiger partial charge < -0.3 is 30.6 Å². The normalized spacial score (nSPS) is 18.4. The topological polar surface area (TPSA) is 115 Å². The first-order valence-electron chi connectivity index (χ1n) is 12.0. The zero-order chi connectivity index (χ0) is 26.2. The van der Waals surface area contributed by atoms with Crippen LogP contribution >= 0.6 is 11.6 Å². The fourth-order valence-corrected chi connectivity index (χ4v) is 5.30. The highest BCUT2D eigenvalue weighted by Crippen LogP contribution is 2.51. The van der Waals surface area contributed by atoms with E-state index >= 15 is 0 Å². The Kier molecular flexibility index (Phi) is 7.54. The van der Waals surface area contributed by atoms with Crippen molar-refractivity contribution >= 4 is 28.7 Å². The maximum absolute atomic E-state index is 13.6. The van der Waals surface area contributed by atoms with Gasteiger partial charge in [0.25, 0.3) is 0 Å². The van der Waals surface area contributed by atoms with E-state index in [-0.39, 0.29) is 23.5 Å². The van der Waals surface area contributed by atoms with E-state index in [1.54, 1.807) is 32.2 Å². The van der Waals surface area contributed by atoms with Gasteiger partial charge in [0.2, 0.25) is 0 Å². The summed E-state index contributed by atoms with van der Waals surface area (Å²) < 4.78 is 19.3. The van der Waals surface area contributed by atoms with Crippen LogP contribution in [0.3, 0.4) is 0 Å². The molecule has 1 aromatic carbocycles. The number of benzene rings is 1. The van der Waals surface area contributed by atoms with Gasteiger partial charge in [0.05, 0.1) is 16.3 Å². The number of ether oxygens (including phenoxy) is 1. The van der Waals surface area contributed by atoms with Crippen LogP contribution in [0.4, 0.5) is 10.2 Å². The molecule has 2 heterocycles. The van der Waals surface area contributed by atoms with Crippen LogP contribution in [0.5, 0.6) is 5.75 Å². The second-order valence-corrected chi connectivity index (χ2v) is 10.4. The van der Waals surface area contributed by atoms with Crippen molar-refractivity contribution < 1.29 is 19.3 Å². The molecule has 1 saturated heterocycles. The minimum atomic E-state index is -0.731. The van der Waals surface area contributed by atoms with Gasteiger partial charge in [-0.05, 0) is 58.9 Å². The Morgan fingerprint density at radius 3 is 2.61 bits per heavy atom. The minimum absolute atomic E-state index is 0.000252. The van der Waals surface area contributed by atoms with Crippen LogP contribution in [-0.4, -0.2) is 71.5 Å². The van der Waals surface area contributed by atoms with E-state index in [2.05, 4.69) is 10.2 Å². The number of rotatable bonds is 9. The first-order chi connectivity index (χ1) is 17.0. The summed E-state index contributed by atoms with van der Waals surface area (Å²) >= 11 is 6.56. The van der Waals surface area contributed by atoms with Crippen LogP contribution in [0.25, 0.3) is 17.0 Å². The monoisotopic (exact) mass is 517 g/mol. The molecule has 1 spiro atoms. The highest BCUT2D eigenvalue weighted by atomic mass is 35.5. The first-order valence-corrected chi connectivity index (χ1v) is 12.4. The summed E-state index contributed by atoms with van der Waals surface area (Å²) in [4.78, 5) is 11.7. The van der Waals surface area contributed by atoms with Gasteiger partial charge in [0, 0.05) is 41.9 Å². The Morgan fingerprint density at radius 1 is 1.33 bits per heavy atom. The van der Waals surface area contributed by atoms with Gasteiger partial charge >= 0.3 is 0 Å². The van der Waals surface area contributed by atoms with Gasteiger partial charge in [-0.2, -0.15) is 0 Å². The van der Waals surface area contributed by atoms with Crippen LogP contribution < -0.4 is 15.0 Å². The third-order valence-corrected chi connectivity index (χ3v) is 7.15. The SMILES string of the molecule is CNC[C@@H](O)COc1ccc(Cl)c(-c2nc(/C(C(C)=N)=C(\C)O)c(C)c(N3CC4(CC(F)C4)C3)n2)c1. The molecule has 2 fully saturated rings. The van der Waals surface area contributed by atoms with Crippen LogP contribution in [-0.2, 0) is 0 Å². The van der Waals surface area contributed by atoms with Crippen molar-refractivity contribution in [2.45, 2.75) is 45.9 Å². The van der Waals surface area contributed by atoms with Crippen molar-refractivity contribution in [1.29, 1.82) is 5.41 Å². The van der Waals surface area contributed by atoms with Crippen molar-refractivity contribution in [2.75, 3.05) is 38.2 Å². The second kappa shape index (κ2) is 10.3. The first kappa shape index (κ1) is 26.3. The molecule has 194 valence electrons. The number of halogens is 2. The van der Waals surface area contributed by atoms with Crippen molar-refractivity contribution in [2.24, 2.45) is 5.41 Å². The molecule has 2 aromatic rings. The molecule has 0 bridgehead atoms. The molecular weight excluding hydrogens is 485 g/mol. The van der Waals surface area contributed by atoms with E-state index in [0.29, 0.717) is 71.7 Å². The average Bonchev–Trinajstić information content (AvgIpc) is 2.76. The third-order valence-electron chi connectivity index (χ3n) is 6.82. The number of allylic oxidation sites excluding steroid dienone is 2. The Balaban J connectivity index is 1.75. The fraction of sp³-hybridized carbons (Fsp3) is 0.500. The number of aliphatic hydroxyl groups is 2. The smallest absolute Gasteiger partial charge is 0.163 e. The predicted octanol–water partition coefficient (Wildman–Crippen LogP) is 4.33. The van der Waals surface area contributed by atoms with E-state index < -0.39 is 12.3 Å². The van der Waals surface area contributed by atoms with E-state index in [0.717, 1.165) is 5.56 Å². The van der Waals surface area contributed by atoms with E-state index in [1.807, 2.05) is 6.92 Å². The van der Waals surface area contributed by atoms with Crippen molar-refractivity contribution in [3.05, 3.63) is 40.2 Å². The van der Waals surface area contributed by atoms with E-state index in [4.69, 9.17) is 31.7 Å². The molecule has 0 unspecified atom stereocenters. The van der Waals surface area contributed by atoms with Gasteiger partial charge in [-0.1, -0.05) is 11.6 Å². The molecule has 8 nitrogen and oxygen atoms in total. The number of aliphatic hydroxyl groups excluding tert-OH is 2. The molecule has 1 aliphatic carbocycles. The van der Waals surface area contributed by atoms with E-state index in [1.165, 1.54) is 6.92 Å².